The van der Waals surface area contributed by atoms with E-state index in [1.807, 2.05) is 54.1 Å². The van der Waals surface area contributed by atoms with E-state index in [1.54, 1.807) is 13.2 Å². The maximum Gasteiger partial charge on any atom is 0.151 e. The third-order valence-electron chi connectivity index (χ3n) is 3.64. The minimum Gasteiger partial charge on any atom is -0.496 e. The lowest BCUT2D eigenvalue weighted by Crippen LogP contribution is -1.96. The van der Waals surface area contributed by atoms with Crippen molar-refractivity contribution in [2.24, 2.45) is 7.05 Å². The fourth-order valence-electron chi connectivity index (χ4n) is 2.51. The molecule has 0 aliphatic carbocycles. The highest BCUT2D eigenvalue weighted by molar-refractivity contribution is 9.10. The number of aryl methyl sites for hydroxylation is 1. The van der Waals surface area contributed by atoms with Gasteiger partial charge in [-0.1, -0.05) is 28.1 Å². The molecule has 114 valence electrons. The minimum absolute atomic E-state index is 0.486. The third-order valence-corrected chi connectivity index (χ3v) is 4.13. The maximum atomic E-state index is 9.60. The lowest BCUT2D eigenvalue weighted by atomic mass is 10.1. The topological polar surface area (TPSA) is 50.8 Å². The Morgan fingerprint density at radius 3 is 2.78 bits per heavy atom. The molecule has 0 saturated carbocycles. The van der Waals surface area contributed by atoms with Crippen molar-refractivity contribution in [2.75, 3.05) is 7.11 Å². The van der Waals surface area contributed by atoms with Crippen LogP contribution in [0.15, 0.2) is 46.9 Å². The molecule has 23 heavy (non-hydrogen) atoms. The Morgan fingerprint density at radius 2 is 2.09 bits per heavy atom. The summed E-state index contributed by atoms with van der Waals surface area (Å²) in [4.78, 5) is 4.58. The summed E-state index contributed by atoms with van der Waals surface area (Å²) >= 11 is 3.45. The van der Waals surface area contributed by atoms with Gasteiger partial charge in [-0.25, -0.2) is 4.98 Å². The van der Waals surface area contributed by atoms with Crippen LogP contribution in [0.3, 0.4) is 0 Å². The molecule has 0 unspecified atom stereocenters. The van der Waals surface area contributed by atoms with E-state index < -0.39 is 0 Å². The van der Waals surface area contributed by atoms with Crippen molar-refractivity contribution >= 4 is 38.6 Å². The molecule has 0 spiro atoms. The highest BCUT2D eigenvalue weighted by Gasteiger charge is 2.13. The molecule has 1 aromatic heterocycles. The lowest BCUT2D eigenvalue weighted by molar-refractivity contribution is 0.414. The molecule has 0 atom stereocenters. The first-order valence-electron chi connectivity index (χ1n) is 7.01. The van der Waals surface area contributed by atoms with Crippen molar-refractivity contribution in [3.8, 4) is 11.8 Å². The number of imidazole rings is 1. The van der Waals surface area contributed by atoms with Crippen LogP contribution < -0.4 is 4.74 Å². The second-order valence-electron chi connectivity index (χ2n) is 5.04. The zero-order valence-corrected chi connectivity index (χ0v) is 14.3. The van der Waals surface area contributed by atoms with Crippen molar-refractivity contribution in [3.63, 3.8) is 0 Å². The summed E-state index contributed by atoms with van der Waals surface area (Å²) in [6, 6.07) is 15.7. The number of methoxy groups -OCH3 is 1. The predicted octanol–water partition coefficient (Wildman–Crippen LogP) is 4.41. The molecule has 4 nitrogen and oxygen atoms in total. The quantitative estimate of drug-likeness (QED) is 0.644. The van der Waals surface area contributed by atoms with Crippen molar-refractivity contribution in [1.29, 1.82) is 5.26 Å². The van der Waals surface area contributed by atoms with Gasteiger partial charge in [-0.3, -0.25) is 0 Å². The van der Waals surface area contributed by atoms with Crippen LogP contribution in [0.25, 0.3) is 22.7 Å². The standard InChI is InChI=1S/C18H14BrN3O/c1-22-16-6-4-3-5-15(16)21-18(22)13(11-20)9-12-10-14(19)7-8-17(12)23-2/h3-10H,1-2H3/b13-9+. The summed E-state index contributed by atoms with van der Waals surface area (Å²) < 4.78 is 8.22. The molecule has 3 rings (SSSR count). The number of hydrogen-bond acceptors (Lipinski definition) is 3. The Labute approximate surface area is 142 Å². The van der Waals surface area contributed by atoms with Crippen molar-refractivity contribution in [1.82, 2.24) is 9.55 Å². The average Bonchev–Trinajstić information content (AvgIpc) is 2.90. The number of halogens is 1. The Balaban J connectivity index is 2.18. The molecule has 3 aromatic rings. The number of fused-ring (bicyclic) bond motifs is 1. The van der Waals surface area contributed by atoms with Gasteiger partial charge in [0.25, 0.3) is 0 Å². The van der Waals surface area contributed by atoms with Gasteiger partial charge in [0.05, 0.1) is 23.7 Å². The van der Waals surface area contributed by atoms with Gasteiger partial charge in [0, 0.05) is 17.1 Å². The van der Waals surface area contributed by atoms with E-state index >= 15 is 0 Å². The molecule has 1 heterocycles. The number of aromatic nitrogens is 2. The Kier molecular flexibility index (Phi) is 4.18. The van der Waals surface area contributed by atoms with Crippen LogP contribution in [0.2, 0.25) is 0 Å². The second-order valence-corrected chi connectivity index (χ2v) is 5.95. The first kappa shape index (κ1) is 15.3. The number of allylic oxidation sites excluding steroid dienone is 1. The number of nitrogens with zero attached hydrogens (tertiary/aromatic N) is 3. The zero-order chi connectivity index (χ0) is 16.4. The van der Waals surface area contributed by atoms with Crippen LogP contribution in [0.5, 0.6) is 5.75 Å². The molecule has 0 amide bonds. The SMILES string of the molecule is COc1ccc(Br)cc1/C=C(\C#N)c1nc2ccccc2n1C. The van der Waals surface area contributed by atoms with Crippen LogP contribution in [-0.2, 0) is 7.05 Å². The van der Waals surface area contributed by atoms with E-state index in [0.29, 0.717) is 17.1 Å². The fraction of sp³-hybridized carbons (Fsp3) is 0.111. The van der Waals surface area contributed by atoms with Gasteiger partial charge in [-0.05, 0) is 36.4 Å². The molecule has 0 radical (unpaired) electrons. The molecule has 2 aromatic carbocycles. The van der Waals surface area contributed by atoms with Crippen LogP contribution in [0.4, 0.5) is 0 Å². The maximum absolute atomic E-state index is 9.60. The summed E-state index contributed by atoms with van der Waals surface area (Å²) in [5, 5.41) is 9.60. The number of para-hydroxylation sites is 2. The highest BCUT2D eigenvalue weighted by atomic mass is 79.9. The molecule has 0 fully saturated rings. The van der Waals surface area contributed by atoms with Crippen molar-refractivity contribution < 1.29 is 4.74 Å². The van der Waals surface area contributed by atoms with Crippen LogP contribution in [0.1, 0.15) is 11.4 Å². The summed E-state index contributed by atoms with van der Waals surface area (Å²) in [7, 11) is 3.52. The Morgan fingerprint density at radius 1 is 1.30 bits per heavy atom. The first-order valence-corrected chi connectivity index (χ1v) is 7.80. The molecule has 0 aliphatic heterocycles. The normalized spacial score (nSPS) is 11.5. The zero-order valence-electron chi connectivity index (χ0n) is 12.7. The van der Waals surface area contributed by atoms with E-state index in [4.69, 9.17) is 4.74 Å². The van der Waals surface area contributed by atoms with Crippen LogP contribution >= 0.6 is 15.9 Å². The number of benzene rings is 2. The fourth-order valence-corrected chi connectivity index (χ4v) is 2.89. The third kappa shape index (κ3) is 2.86. The van der Waals surface area contributed by atoms with E-state index in [-0.39, 0.29) is 0 Å². The number of hydrogen-bond donors (Lipinski definition) is 0. The number of ether oxygens (including phenoxy) is 1. The van der Waals surface area contributed by atoms with E-state index in [9.17, 15) is 5.26 Å². The monoisotopic (exact) mass is 367 g/mol. The van der Waals surface area contributed by atoms with E-state index in [2.05, 4.69) is 27.0 Å². The second kappa shape index (κ2) is 6.27. The summed E-state index contributed by atoms with van der Waals surface area (Å²) in [5.41, 5.74) is 3.17. The summed E-state index contributed by atoms with van der Waals surface area (Å²) in [5.74, 6) is 1.34. The van der Waals surface area contributed by atoms with E-state index in [1.165, 1.54) is 0 Å². The molecule has 0 aliphatic rings. The molecular formula is C18H14BrN3O. The van der Waals surface area contributed by atoms with Crippen molar-refractivity contribution in [3.05, 3.63) is 58.3 Å². The molecule has 5 heteroatoms. The molecular weight excluding hydrogens is 354 g/mol. The highest BCUT2D eigenvalue weighted by Crippen LogP contribution is 2.28. The molecule has 0 N–H and O–H groups in total. The van der Waals surface area contributed by atoms with E-state index in [0.717, 1.165) is 21.1 Å². The van der Waals surface area contributed by atoms with Gasteiger partial charge < -0.3 is 9.30 Å². The van der Waals surface area contributed by atoms with Crippen LogP contribution in [-0.4, -0.2) is 16.7 Å². The minimum atomic E-state index is 0.486. The van der Waals surface area contributed by atoms with Gasteiger partial charge in [0.1, 0.15) is 11.8 Å². The summed E-state index contributed by atoms with van der Waals surface area (Å²) in [6.45, 7) is 0. The Bertz CT molecular complexity index is 951. The first-order chi connectivity index (χ1) is 11.1. The van der Waals surface area contributed by atoms with Gasteiger partial charge in [-0.2, -0.15) is 5.26 Å². The molecule has 0 bridgehead atoms. The largest absolute Gasteiger partial charge is 0.496 e. The number of rotatable bonds is 3. The predicted molar refractivity (Wildman–Crippen MR) is 94.9 cm³/mol. The average molecular weight is 368 g/mol. The Hall–Kier alpha value is -2.58. The van der Waals surface area contributed by atoms with Crippen LogP contribution in [0, 0.1) is 11.3 Å². The van der Waals surface area contributed by atoms with Gasteiger partial charge in [-0.15, -0.1) is 0 Å². The lowest BCUT2D eigenvalue weighted by Gasteiger charge is -2.06. The smallest absolute Gasteiger partial charge is 0.151 e. The van der Waals surface area contributed by atoms with Gasteiger partial charge in [0.15, 0.2) is 5.82 Å². The van der Waals surface area contributed by atoms with Crippen molar-refractivity contribution in [2.45, 2.75) is 0 Å². The summed E-state index contributed by atoms with van der Waals surface area (Å²) in [6.07, 6.45) is 1.80. The van der Waals surface area contributed by atoms with Gasteiger partial charge in [0.2, 0.25) is 0 Å². The molecule has 0 saturated heterocycles. The van der Waals surface area contributed by atoms with Gasteiger partial charge >= 0.3 is 0 Å². The number of nitriles is 1.